The number of piperazine rings is 1. The maximum Gasteiger partial charge on any atom is 0.408 e. The van der Waals surface area contributed by atoms with Crippen LogP contribution in [0.3, 0.4) is 0 Å². The van der Waals surface area contributed by atoms with Crippen molar-refractivity contribution in [1.82, 2.24) is 33.4 Å². The molecular weight excluding hydrogens is 583 g/mol. The Morgan fingerprint density at radius 3 is 2.26 bits per heavy atom. The molecule has 5 rings (SSSR count). The van der Waals surface area contributed by atoms with Gasteiger partial charge in [0, 0.05) is 43.5 Å². The van der Waals surface area contributed by atoms with Crippen LogP contribution in [0.15, 0.2) is 66.2 Å². The predicted molar refractivity (Wildman–Crippen MR) is 145 cm³/mol. The van der Waals surface area contributed by atoms with Gasteiger partial charge in [0.2, 0.25) is 0 Å². The second-order valence-corrected chi connectivity index (χ2v) is 11.3. The maximum absolute atomic E-state index is 14.8. The summed E-state index contributed by atoms with van der Waals surface area (Å²) in [6.07, 6.45) is -0.775. The molecule has 0 unspecified atom stereocenters. The van der Waals surface area contributed by atoms with E-state index in [2.05, 4.69) is 24.4 Å². The molecule has 42 heavy (non-hydrogen) atoms. The third-order valence-electron chi connectivity index (χ3n) is 7.04. The number of aliphatic hydroxyl groups is 1. The van der Waals surface area contributed by atoms with Gasteiger partial charge in [-0.1, -0.05) is 18.0 Å². The van der Waals surface area contributed by atoms with E-state index in [-0.39, 0.29) is 12.1 Å². The number of hydrogen-bond acceptors (Lipinski definition) is 8. The Labute approximate surface area is 241 Å². The van der Waals surface area contributed by atoms with Crippen LogP contribution in [0, 0.1) is 11.6 Å². The molecule has 2 atom stereocenters. The SMILES string of the molecule is C[C@@H](SN1CCN(c2ccc(-n3cnn(CC(F)(F)F)c3=O)cc2)CC1)[C@](O)(Cn1cncn1)c1ccc(F)cc1F. The fourth-order valence-corrected chi connectivity index (χ4v) is 6.01. The van der Waals surface area contributed by atoms with E-state index in [1.54, 1.807) is 31.2 Å². The average Bonchev–Trinajstić information content (AvgIpc) is 3.58. The van der Waals surface area contributed by atoms with Gasteiger partial charge in [0.25, 0.3) is 0 Å². The first-order chi connectivity index (χ1) is 19.9. The van der Waals surface area contributed by atoms with Crippen molar-refractivity contribution in [3.8, 4) is 5.69 Å². The molecule has 1 aliphatic heterocycles. The molecule has 0 radical (unpaired) electrons. The van der Waals surface area contributed by atoms with Crippen LogP contribution in [0.4, 0.5) is 27.6 Å². The van der Waals surface area contributed by atoms with Crippen LogP contribution in [0.5, 0.6) is 0 Å². The molecule has 1 aliphatic rings. The number of halogens is 5. The summed E-state index contributed by atoms with van der Waals surface area (Å²) in [5.74, 6) is -1.60. The van der Waals surface area contributed by atoms with Crippen molar-refractivity contribution >= 4 is 17.6 Å². The van der Waals surface area contributed by atoms with Crippen LogP contribution in [0.25, 0.3) is 5.69 Å². The zero-order valence-corrected chi connectivity index (χ0v) is 23.1. The molecule has 4 aromatic rings. The monoisotopic (exact) mass is 610 g/mol. The average molecular weight is 611 g/mol. The highest BCUT2D eigenvalue weighted by Gasteiger charge is 2.41. The van der Waals surface area contributed by atoms with E-state index >= 15 is 0 Å². The molecular formula is C26H27F5N8O2S. The Morgan fingerprint density at radius 1 is 0.952 bits per heavy atom. The topological polar surface area (TPSA) is 97.2 Å². The Kier molecular flexibility index (Phi) is 8.39. The van der Waals surface area contributed by atoms with Crippen molar-refractivity contribution in [3.05, 3.63) is 89.1 Å². The first-order valence-corrected chi connectivity index (χ1v) is 13.8. The van der Waals surface area contributed by atoms with Crippen molar-refractivity contribution in [3.63, 3.8) is 0 Å². The van der Waals surface area contributed by atoms with Crippen LogP contribution < -0.4 is 10.6 Å². The van der Waals surface area contributed by atoms with Crippen LogP contribution in [0.1, 0.15) is 12.5 Å². The largest absolute Gasteiger partial charge is 0.408 e. The molecule has 10 nitrogen and oxygen atoms in total. The van der Waals surface area contributed by atoms with Gasteiger partial charge < -0.3 is 10.0 Å². The highest BCUT2D eigenvalue weighted by atomic mass is 32.2. The predicted octanol–water partition coefficient (Wildman–Crippen LogP) is 3.21. The second kappa shape index (κ2) is 11.9. The highest BCUT2D eigenvalue weighted by Crippen LogP contribution is 2.38. The van der Waals surface area contributed by atoms with Crippen molar-refractivity contribution in [2.24, 2.45) is 0 Å². The molecule has 2 aromatic heterocycles. The van der Waals surface area contributed by atoms with E-state index in [1.165, 1.54) is 35.4 Å². The van der Waals surface area contributed by atoms with E-state index in [9.17, 15) is 31.9 Å². The minimum atomic E-state index is -4.56. The molecule has 0 spiro atoms. The number of hydrogen-bond donors (Lipinski definition) is 1. The summed E-state index contributed by atoms with van der Waals surface area (Å²) in [6, 6.07) is 9.94. The first kappa shape index (κ1) is 29.7. The molecule has 1 saturated heterocycles. The quantitative estimate of drug-likeness (QED) is 0.228. The fraction of sp³-hybridized carbons (Fsp3) is 0.385. The van der Waals surface area contributed by atoms with E-state index < -0.39 is 40.9 Å². The summed E-state index contributed by atoms with van der Waals surface area (Å²) >= 11 is 1.37. The zero-order valence-electron chi connectivity index (χ0n) is 22.3. The molecule has 224 valence electrons. The third kappa shape index (κ3) is 6.50. The van der Waals surface area contributed by atoms with Gasteiger partial charge >= 0.3 is 11.9 Å². The summed E-state index contributed by atoms with van der Waals surface area (Å²) in [5, 5.41) is 18.8. The Bertz CT molecular complexity index is 1550. The van der Waals surface area contributed by atoms with Gasteiger partial charge in [-0.15, -0.1) is 0 Å². The van der Waals surface area contributed by atoms with E-state index in [0.29, 0.717) is 36.5 Å². The summed E-state index contributed by atoms with van der Waals surface area (Å²) in [6.45, 7) is 2.67. The molecule has 16 heteroatoms. The molecule has 2 aromatic carbocycles. The normalized spacial score (nSPS) is 16.9. The molecule has 0 saturated carbocycles. The number of nitrogens with zero attached hydrogens (tertiary/aromatic N) is 8. The van der Waals surface area contributed by atoms with Crippen LogP contribution >= 0.6 is 11.9 Å². The van der Waals surface area contributed by atoms with Gasteiger partial charge in [0.15, 0.2) is 0 Å². The number of rotatable bonds is 9. The second-order valence-electron chi connectivity index (χ2n) is 9.88. The Morgan fingerprint density at radius 2 is 1.64 bits per heavy atom. The van der Waals surface area contributed by atoms with Gasteiger partial charge in [-0.2, -0.15) is 23.4 Å². The van der Waals surface area contributed by atoms with Crippen molar-refractivity contribution in [1.29, 1.82) is 0 Å². The Balaban J connectivity index is 1.23. The lowest BCUT2D eigenvalue weighted by Gasteiger charge is -2.40. The van der Waals surface area contributed by atoms with Crippen LogP contribution in [-0.2, 0) is 18.7 Å². The van der Waals surface area contributed by atoms with E-state index in [0.717, 1.165) is 28.7 Å². The van der Waals surface area contributed by atoms with Crippen molar-refractivity contribution < 1.29 is 27.1 Å². The number of aromatic nitrogens is 6. The molecule has 1 N–H and O–H groups in total. The number of benzene rings is 2. The molecule has 3 heterocycles. The van der Waals surface area contributed by atoms with Gasteiger partial charge in [-0.3, -0.25) is 0 Å². The lowest BCUT2D eigenvalue weighted by Crippen LogP contribution is -2.47. The van der Waals surface area contributed by atoms with Crippen molar-refractivity contribution in [2.45, 2.75) is 37.0 Å². The van der Waals surface area contributed by atoms with Gasteiger partial charge in [0.05, 0.1) is 17.5 Å². The van der Waals surface area contributed by atoms with Crippen LogP contribution in [0.2, 0.25) is 0 Å². The maximum atomic E-state index is 14.8. The molecule has 0 amide bonds. The van der Waals surface area contributed by atoms with E-state index in [4.69, 9.17) is 0 Å². The Hall–Kier alpha value is -3.76. The first-order valence-electron chi connectivity index (χ1n) is 12.9. The third-order valence-corrected chi connectivity index (χ3v) is 8.41. The summed E-state index contributed by atoms with van der Waals surface area (Å²) in [5.41, 5.74) is -1.40. The summed E-state index contributed by atoms with van der Waals surface area (Å²) in [7, 11) is 0. The van der Waals surface area contributed by atoms with E-state index in [1.807, 2.05) is 0 Å². The van der Waals surface area contributed by atoms with Gasteiger partial charge in [-0.05, 0) is 37.3 Å². The lowest BCUT2D eigenvalue weighted by atomic mass is 9.90. The smallest absolute Gasteiger partial charge is 0.382 e. The van der Waals surface area contributed by atoms with Gasteiger partial charge in [-0.25, -0.2) is 36.8 Å². The highest BCUT2D eigenvalue weighted by molar-refractivity contribution is 7.97. The fourth-order valence-electron chi connectivity index (χ4n) is 4.81. The standard InChI is InChI=1S/C26H27F5N8O2S/c1-18(25(41,13-36-16-32-15-33-36)22-7-2-19(27)12-23(22)28)42-37-10-8-35(9-11-37)20-3-5-21(6-4-20)38-17-34-39(24(38)40)14-26(29,30)31/h2-7,12,15-18,41H,8-11,13-14H2,1H3/t18-,25-/m1/s1. The number of anilines is 1. The minimum Gasteiger partial charge on any atom is -0.382 e. The minimum absolute atomic E-state index is 0.0406. The molecule has 1 fully saturated rings. The lowest BCUT2D eigenvalue weighted by molar-refractivity contribution is -0.143. The number of alkyl halides is 3. The molecule has 0 bridgehead atoms. The molecule has 0 aliphatic carbocycles. The van der Waals surface area contributed by atoms with Gasteiger partial charge in [0.1, 0.15) is 42.8 Å². The summed E-state index contributed by atoms with van der Waals surface area (Å²) in [4.78, 5) is 18.3. The summed E-state index contributed by atoms with van der Waals surface area (Å²) < 4.78 is 71.3. The van der Waals surface area contributed by atoms with Crippen molar-refractivity contribution in [2.75, 3.05) is 31.1 Å². The zero-order chi connectivity index (χ0) is 30.1. The van der Waals surface area contributed by atoms with Crippen LogP contribution in [-0.4, -0.2) is 76.1 Å².